The summed E-state index contributed by atoms with van der Waals surface area (Å²) < 4.78 is 0. The van der Waals surface area contributed by atoms with Crippen molar-refractivity contribution >= 4 is 11.9 Å². The minimum absolute atomic E-state index is 0.00670. The number of hydrogen-bond donors (Lipinski definition) is 1. The highest BCUT2D eigenvalue weighted by molar-refractivity contribution is 5.83. The highest BCUT2D eigenvalue weighted by Gasteiger charge is 2.24. The number of carbonyl (C=O) groups excluding carboxylic acids is 1. The van der Waals surface area contributed by atoms with Crippen LogP contribution in [0.4, 0.5) is 0 Å². The van der Waals surface area contributed by atoms with Crippen LogP contribution in [0, 0.1) is 5.92 Å². The van der Waals surface area contributed by atoms with Gasteiger partial charge in [-0.05, 0) is 46.0 Å². The largest absolute Gasteiger partial charge is 0.481 e. The van der Waals surface area contributed by atoms with Crippen molar-refractivity contribution < 1.29 is 14.7 Å². The Morgan fingerprint density at radius 2 is 1.29 bits per heavy atom. The van der Waals surface area contributed by atoms with Gasteiger partial charge in [0, 0.05) is 19.0 Å². The summed E-state index contributed by atoms with van der Waals surface area (Å²) in [6.07, 6.45) is 20.1. The summed E-state index contributed by atoms with van der Waals surface area (Å²) in [4.78, 5) is 25.3. The summed E-state index contributed by atoms with van der Waals surface area (Å²) in [7, 11) is 0. The third-order valence-corrected chi connectivity index (χ3v) is 5.41. The fourth-order valence-corrected chi connectivity index (χ4v) is 3.60. The van der Waals surface area contributed by atoms with Crippen molar-refractivity contribution in [3.63, 3.8) is 0 Å². The van der Waals surface area contributed by atoms with Gasteiger partial charge >= 0.3 is 5.97 Å². The Labute approximate surface area is 173 Å². The molecule has 28 heavy (non-hydrogen) atoms. The van der Waals surface area contributed by atoms with Crippen LogP contribution in [0.1, 0.15) is 111 Å². The molecule has 0 fully saturated rings. The number of hydrogen-bond acceptors (Lipinski definition) is 2. The molecule has 0 bridgehead atoms. The molecular weight excluding hydrogens is 350 g/mol. The Morgan fingerprint density at radius 3 is 1.79 bits per heavy atom. The lowest BCUT2D eigenvalue weighted by Crippen LogP contribution is -2.36. The van der Waals surface area contributed by atoms with Crippen molar-refractivity contribution in [2.75, 3.05) is 13.1 Å². The molecule has 164 valence electrons. The van der Waals surface area contributed by atoms with Crippen molar-refractivity contribution in [1.29, 1.82) is 0 Å². The van der Waals surface area contributed by atoms with Gasteiger partial charge in [-0.3, -0.25) is 9.59 Å². The summed E-state index contributed by atoms with van der Waals surface area (Å²) in [5.41, 5.74) is 0. The molecule has 0 saturated carbocycles. The Hall–Kier alpha value is -1.32. The van der Waals surface area contributed by atoms with Gasteiger partial charge in [-0.25, -0.2) is 0 Å². The maximum Gasteiger partial charge on any atom is 0.304 e. The van der Waals surface area contributed by atoms with E-state index < -0.39 is 5.97 Å². The summed E-state index contributed by atoms with van der Waals surface area (Å²) in [5, 5.41) is 9.10. The summed E-state index contributed by atoms with van der Waals surface area (Å²) in [6.45, 7) is 7.44. The first-order valence-corrected chi connectivity index (χ1v) is 11.7. The molecule has 0 aromatic carbocycles. The molecule has 1 atom stereocenters. The van der Waals surface area contributed by atoms with Crippen LogP contribution in [0.15, 0.2) is 12.2 Å². The normalized spacial score (nSPS) is 12.4. The van der Waals surface area contributed by atoms with Gasteiger partial charge in [-0.2, -0.15) is 0 Å². The SMILES string of the molecule is CCCCCCC/C=C/CCCCCCCC(CC(=O)O)C(=O)N(CC)CC. The second-order valence-corrected chi connectivity index (χ2v) is 7.82. The van der Waals surface area contributed by atoms with Gasteiger partial charge in [0.2, 0.25) is 5.91 Å². The molecular formula is C24H45NO3. The molecule has 0 aliphatic heterocycles. The van der Waals surface area contributed by atoms with Crippen molar-refractivity contribution in [2.45, 2.75) is 111 Å². The Balaban J connectivity index is 3.79. The Bertz CT molecular complexity index is 416. The van der Waals surface area contributed by atoms with Crippen LogP contribution < -0.4 is 0 Å². The highest BCUT2D eigenvalue weighted by Crippen LogP contribution is 2.18. The maximum atomic E-state index is 12.5. The second kappa shape index (κ2) is 19.0. The zero-order chi connectivity index (χ0) is 21.0. The van der Waals surface area contributed by atoms with E-state index in [1.165, 1.54) is 57.8 Å². The van der Waals surface area contributed by atoms with Crippen molar-refractivity contribution in [3.05, 3.63) is 12.2 Å². The van der Waals surface area contributed by atoms with E-state index in [2.05, 4.69) is 19.1 Å². The third kappa shape index (κ3) is 14.7. The van der Waals surface area contributed by atoms with Crippen molar-refractivity contribution in [3.8, 4) is 0 Å². The minimum atomic E-state index is -0.873. The molecule has 4 heteroatoms. The predicted molar refractivity (Wildman–Crippen MR) is 119 cm³/mol. The number of allylic oxidation sites excluding steroid dienone is 2. The average Bonchev–Trinajstić information content (AvgIpc) is 2.67. The number of carboxylic acids is 1. The van der Waals surface area contributed by atoms with Crippen molar-refractivity contribution in [1.82, 2.24) is 4.90 Å². The molecule has 0 aromatic rings. The first kappa shape index (κ1) is 26.7. The van der Waals surface area contributed by atoms with Crippen LogP contribution >= 0.6 is 0 Å². The van der Waals surface area contributed by atoms with Gasteiger partial charge in [0.1, 0.15) is 0 Å². The number of carbonyl (C=O) groups is 2. The highest BCUT2D eigenvalue weighted by atomic mass is 16.4. The molecule has 1 N–H and O–H groups in total. The molecule has 0 rings (SSSR count). The number of unbranched alkanes of at least 4 members (excludes halogenated alkanes) is 10. The zero-order valence-corrected chi connectivity index (χ0v) is 18.8. The zero-order valence-electron chi connectivity index (χ0n) is 18.8. The van der Waals surface area contributed by atoms with Crippen LogP contribution in [0.25, 0.3) is 0 Å². The van der Waals surface area contributed by atoms with E-state index in [0.717, 1.165) is 19.3 Å². The molecule has 0 heterocycles. The Morgan fingerprint density at radius 1 is 0.786 bits per heavy atom. The van der Waals surface area contributed by atoms with Crippen LogP contribution in [-0.4, -0.2) is 35.0 Å². The topological polar surface area (TPSA) is 57.6 Å². The van der Waals surface area contributed by atoms with Crippen LogP contribution in [0.2, 0.25) is 0 Å². The molecule has 1 amide bonds. The number of nitrogens with zero attached hydrogens (tertiary/aromatic N) is 1. The van der Waals surface area contributed by atoms with Gasteiger partial charge in [0.05, 0.1) is 6.42 Å². The number of aliphatic carboxylic acids is 1. The van der Waals surface area contributed by atoms with E-state index in [-0.39, 0.29) is 18.2 Å². The smallest absolute Gasteiger partial charge is 0.304 e. The maximum absolute atomic E-state index is 12.5. The number of carboxylic acid groups (broad SMARTS) is 1. The molecule has 1 unspecified atom stereocenters. The van der Waals surface area contributed by atoms with Gasteiger partial charge < -0.3 is 10.0 Å². The molecule has 4 nitrogen and oxygen atoms in total. The minimum Gasteiger partial charge on any atom is -0.481 e. The summed E-state index contributed by atoms with van der Waals surface area (Å²) in [6, 6.07) is 0. The summed E-state index contributed by atoms with van der Waals surface area (Å²) >= 11 is 0. The first-order valence-electron chi connectivity index (χ1n) is 11.7. The van der Waals surface area contributed by atoms with Crippen LogP contribution in [-0.2, 0) is 9.59 Å². The molecule has 0 aliphatic carbocycles. The molecule has 0 saturated heterocycles. The first-order chi connectivity index (χ1) is 13.6. The molecule has 0 aliphatic rings. The van der Waals surface area contributed by atoms with E-state index in [9.17, 15) is 9.59 Å². The molecule has 0 spiro atoms. The van der Waals surface area contributed by atoms with E-state index in [1.807, 2.05) is 13.8 Å². The summed E-state index contributed by atoms with van der Waals surface area (Å²) in [5.74, 6) is -1.23. The van der Waals surface area contributed by atoms with E-state index in [0.29, 0.717) is 19.5 Å². The van der Waals surface area contributed by atoms with E-state index >= 15 is 0 Å². The second-order valence-electron chi connectivity index (χ2n) is 7.82. The lowest BCUT2D eigenvalue weighted by Gasteiger charge is -2.24. The quantitative estimate of drug-likeness (QED) is 0.198. The van der Waals surface area contributed by atoms with Crippen LogP contribution in [0.5, 0.6) is 0 Å². The number of amides is 1. The monoisotopic (exact) mass is 395 g/mol. The standard InChI is InChI=1S/C24H45NO3/c1-4-7-8-9-10-11-12-13-14-15-16-17-18-19-20-22(21-23(26)27)24(28)25(5-2)6-3/h12-13,22H,4-11,14-21H2,1-3H3,(H,26,27)/b13-12+. The van der Waals surface area contributed by atoms with Gasteiger partial charge in [-0.1, -0.05) is 70.4 Å². The lowest BCUT2D eigenvalue weighted by atomic mass is 9.95. The van der Waals surface area contributed by atoms with Gasteiger partial charge in [0.25, 0.3) is 0 Å². The third-order valence-electron chi connectivity index (χ3n) is 5.41. The van der Waals surface area contributed by atoms with Gasteiger partial charge in [0.15, 0.2) is 0 Å². The number of rotatable bonds is 19. The molecule has 0 aromatic heterocycles. The molecule has 0 radical (unpaired) electrons. The Kier molecular flexibility index (Phi) is 18.1. The van der Waals surface area contributed by atoms with E-state index in [1.54, 1.807) is 4.90 Å². The average molecular weight is 396 g/mol. The lowest BCUT2D eigenvalue weighted by molar-refractivity contribution is -0.144. The predicted octanol–water partition coefficient (Wildman–Crippen LogP) is 6.59. The van der Waals surface area contributed by atoms with Crippen molar-refractivity contribution in [2.24, 2.45) is 5.92 Å². The van der Waals surface area contributed by atoms with Crippen LogP contribution in [0.3, 0.4) is 0 Å². The fourth-order valence-electron chi connectivity index (χ4n) is 3.60. The fraction of sp³-hybridized carbons (Fsp3) is 0.833. The van der Waals surface area contributed by atoms with Gasteiger partial charge in [-0.15, -0.1) is 0 Å². The van der Waals surface area contributed by atoms with E-state index in [4.69, 9.17) is 5.11 Å².